The molecule has 0 aliphatic rings. The molecule has 0 amide bonds. The van der Waals surface area contributed by atoms with Crippen molar-refractivity contribution in [1.82, 2.24) is 0 Å². The highest BCUT2D eigenvalue weighted by Gasteiger charge is 2.01. The summed E-state index contributed by atoms with van der Waals surface area (Å²) >= 11 is 9.40. The molecule has 0 aromatic heterocycles. The van der Waals surface area contributed by atoms with Gasteiger partial charge in [0.05, 0.1) is 10.7 Å². The van der Waals surface area contributed by atoms with Crippen molar-refractivity contribution in [3.05, 3.63) is 57.0 Å². The molecule has 0 unspecified atom stereocenters. The third kappa shape index (κ3) is 3.12. The number of phenolic OH excluding ortho intramolecular Hbond substituents is 1. The summed E-state index contributed by atoms with van der Waals surface area (Å²) in [6.07, 6.45) is 1.60. The number of aliphatic imine (C=N–C) groups is 1. The molecular formula is C14H11BrClNO. The Bertz CT molecular complexity index is 557. The highest BCUT2D eigenvalue weighted by atomic mass is 79.9. The van der Waals surface area contributed by atoms with Crippen molar-refractivity contribution in [1.29, 1.82) is 0 Å². The van der Waals surface area contributed by atoms with Gasteiger partial charge in [-0.05, 0) is 42.8 Å². The van der Waals surface area contributed by atoms with Gasteiger partial charge < -0.3 is 5.11 Å². The zero-order valence-electron chi connectivity index (χ0n) is 9.69. The average Bonchev–Trinajstić information content (AvgIpc) is 2.34. The minimum atomic E-state index is 0.186. The maximum Gasteiger partial charge on any atom is 0.124 e. The molecule has 0 spiro atoms. The fourth-order valence-electron chi connectivity index (χ4n) is 1.49. The lowest BCUT2D eigenvalue weighted by atomic mass is 10.2. The van der Waals surface area contributed by atoms with E-state index in [4.69, 9.17) is 11.6 Å². The average molecular weight is 325 g/mol. The summed E-state index contributed by atoms with van der Waals surface area (Å²) in [6, 6.07) is 10.8. The second kappa shape index (κ2) is 5.55. The standard InChI is InChI=1S/C14H11BrClNO/c1-9-2-4-12(16)13(6-9)17-8-10-7-11(15)3-5-14(10)18/h2-8,18H,1H3. The molecule has 0 radical (unpaired) electrons. The Labute approximate surface area is 119 Å². The topological polar surface area (TPSA) is 32.6 Å². The molecule has 0 saturated heterocycles. The van der Waals surface area contributed by atoms with Crippen LogP contribution in [0, 0.1) is 6.92 Å². The minimum absolute atomic E-state index is 0.186. The molecular weight excluding hydrogens is 314 g/mol. The summed E-state index contributed by atoms with van der Waals surface area (Å²) in [5, 5.41) is 10.3. The second-order valence-corrected chi connectivity index (χ2v) is 5.24. The van der Waals surface area contributed by atoms with Gasteiger partial charge in [-0.3, -0.25) is 4.99 Å². The lowest BCUT2D eigenvalue weighted by Crippen LogP contribution is -1.83. The van der Waals surface area contributed by atoms with E-state index in [0.29, 0.717) is 16.3 Å². The number of halogens is 2. The van der Waals surface area contributed by atoms with Crippen LogP contribution in [-0.2, 0) is 0 Å². The van der Waals surface area contributed by atoms with Crippen LogP contribution in [0.15, 0.2) is 45.9 Å². The summed E-state index contributed by atoms with van der Waals surface area (Å²) in [5.74, 6) is 0.186. The number of hydrogen-bond donors (Lipinski definition) is 1. The van der Waals surface area contributed by atoms with Gasteiger partial charge in [-0.15, -0.1) is 0 Å². The van der Waals surface area contributed by atoms with Crippen LogP contribution in [0.1, 0.15) is 11.1 Å². The van der Waals surface area contributed by atoms with Gasteiger partial charge in [0.25, 0.3) is 0 Å². The summed E-state index contributed by atoms with van der Waals surface area (Å²) in [5.41, 5.74) is 2.42. The van der Waals surface area contributed by atoms with Gasteiger partial charge in [0.2, 0.25) is 0 Å². The van der Waals surface area contributed by atoms with Gasteiger partial charge in [0.1, 0.15) is 5.75 Å². The Morgan fingerprint density at radius 3 is 2.78 bits per heavy atom. The number of aryl methyl sites for hydroxylation is 1. The van der Waals surface area contributed by atoms with E-state index >= 15 is 0 Å². The van der Waals surface area contributed by atoms with Crippen LogP contribution in [0.3, 0.4) is 0 Å². The Kier molecular flexibility index (Phi) is 4.04. The van der Waals surface area contributed by atoms with Crippen molar-refractivity contribution < 1.29 is 5.11 Å². The summed E-state index contributed by atoms with van der Waals surface area (Å²) in [4.78, 5) is 4.30. The maximum absolute atomic E-state index is 9.69. The smallest absolute Gasteiger partial charge is 0.124 e. The molecule has 1 N–H and O–H groups in total. The third-order valence-electron chi connectivity index (χ3n) is 2.43. The van der Waals surface area contributed by atoms with E-state index < -0.39 is 0 Å². The molecule has 0 bridgehead atoms. The highest BCUT2D eigenvalue weighted by Crippen LogP contribution is 2.26. The molecule has 2 nitrogen and oxygen atoms in total. The third-order valence-corrected chi connectivity index (χ3v) is 3.25. The lowest BCUT2D eigenvalue weighted by Gasteiger charge is -2.01. The molecule has 0 heterocycles. The zero-order valence-corrected chi connectivity index (χ0v) is 12.0. The Balaban J connectivity index is 2.35. The number of benzene rings is 2. The van der Waals surface area contributed by atoms with Crippen molar-refractivity contribution in [3.8, 4) is 5.75 Å². The first-order valence-corrected chi connectivity index (χ1v) is 6.52. The van der Waals surface area contributed by atoms with E-state index in [9.17, 15) is 5.11 Å². The van der Waals surface area contributed by atoms with Crippen LogP contribution < -0.4 is 0 Å². The summed E-state index contributed by atoms with van der Waals surface area (Å²) < 4.78 is 0.886. The van der Waals surface area contributed by atoms with E-state index in [-0.39, 0.29) is 5.75 Å². The van der Waals surface area contributed by atoms with E-state index in [2.05, 4.69) is 20.9 Å². The largest absolute Gasteiger partial charge is 0.507 e. The molecule has 2 rings (SSSR count). The van der Waals surface area contributed by atoms with Gasteiger partial charge in [0.15, 0.2) is 0 Å². The summed E-state index contributed by atoms with van der Waals surface area (Å²) in [7, 11) is 0. The summed E-state index contributed by atoms with van der Waals surface area (Å²) in [6.45, 7) is 1.98. The maximum atomic E-state index is 9.69. The minimum Gasteiger partial charge on any atom is -0.507 e. The molecule has 18 heavy (non-hydrogen) atoms. The fourth-order valence-corrected chi connectivity index (χ4v) is 2.03. The monoisotopic (exact) mass is 323 g/mol. The molecule has 2 aromatic carbocycles. The molecule has 92 valence electrons. The molecule has 4 heteroatoms. The Morgan fingerprint density at radius 1 is 1.22 bits per heavy atom. The molecule has 0 fully saturated rings. The number of nitrogens with zero attached hydrogens (tertiary/aromatic N) is 1. The van der Waals surface area contributed by atoms with Crippen molar-refractivity contribution in [2.45, 2.75) is 6.92 Å². The van der Waals surface area contributed by atoms with Crippen LogP contribution >= 0.6 is 27.5 Å². The highest BCUT2D eigenvalue weighted by molar-refractivity contribution is 9.10. The molecule has 0 saturated carbocycles. The van der Waals surface area contributed by atoms with Crippen molar-refractivity contribution in [2.24, 2.45) is 4.99 Å². The zero-order chi connectivity index (χ0) is 13.1. The van der Waals surface area contributed by atoms with E-state index in [1.165, 1.54) is 0 Å². The van der Waals surface area contributed by atoms with E-state index in [1.807, 2.05) is 25.1 Å². The number of aromatic hydroxyl groups is 1. The van der Waals surface area contributed by atoms with E-state index in [1.54, 1.807) is 24.4 Å². The first-order valence-electron chi connectivity index (χ1n) is 5.35. The first-order chi connectivity index (χ1) is 8.56. The van der Waals surface area contributed by atoms with Crippen LogP contribution in [-0.4, -0.2) is 11.3 Å². The van der Waals surface area contributed by atoms with Crippen LogP contribution in [0.2, 0.25) is 5.02 Å². The lowest BCUT2D eigenvalue weighted by molar-refractivity contribution is 0.474. The molecule has 0 atom stereocenters. The Hall–Kier alpha value is -1.32. The molecule has 0 aliphatic carbocycles. The normalized spacial score (nSPS) is 11.1. The van der Waals surface area contributed by atoms with Crippen LogP contribution in [0.25, 0.3) is 0 Å². The SMILES string of the molecule is Cc1ccc(Cl)c(N=Cc2cc(Br)ccc2O)c1. The van der Waals surface area contributed by atoms with Gasteiger partial charge in [-0.25, -0.2) is 0 Å². The van der Waals surface area contributed by atoms with Gasteiger partial charge in [-0.2, -0.15) is 0 Å². The number of phenols is 1. The van der Waals surface area contributed by atoms with E-state index in [0.717, 1.165) is 10.0 Å². The van der Waals surface area contributed by atoms with Gasteiger partial charge >= 0.3 is 0 Å². The van der Waals surface area contributed by atoms with Gasteiger partial charge in [0, 0.05) is 16.3 Å². The second-order valence-electron chi connectivity index (χ2n) is 3.92. The quantitative estimate of drug-likeness (QED) is 0.786. The number of hydrogen-bond acceptors (Lipinski definition) is 2. The fraction of sp³-hybridized carbons (Fsp3) is 0.0714. The predicted octanol–water partition coefficient (Wildman–Crippen LogP) is 4.87. The van der Waals surface area contributed by atoms with Crippen molar-refractivity contribution in [3.63, 3.8) is 0 Å². The first kappa shape index (κ1) is 13.1. The predicted molar refractivity (Wildman–Crippen MR) is 79.2 cm³/mol. The van der Waals surface area contributed by atoms with Crippen molar-refractivity contribution in [2.75, 3.05) is 0 Å². The molecule has 2 aromatic rings. The molecule has 0 aliphatic heterocycles. The van der Waals surface area contributed by atoms with Crippen LogP contribution in [0.4, 0.5) is 5.69 Å². The van der Waals surface area contributed by atoms with Gasteiger partial charge in [-0.1, -0.05) is 33.6 Å². The van der Waals surface area contributed by atoms with Crippen LogP contribution in [0.5, 0.6) is 5.75 Å². The van der Waals surface area contributed by atoms with Crippen molar-refractivity contribution >= 4 is 39.4 Å². The number of rotatable bonds is 2. The Morgan fingerprint density at radius 2 is 2.00 bits per heavy atom.